The predicted molar refractivity (Wildman–Crippen MR) is 70.4 cm³/mol. The first-order valence-electron chi connectivity index (χ1n) is 5.85. The molecule has 0 aliphatic rings. The number of anilines is 1. The van der Waals surface area contributed by atoms with E-state index in [0.29, 0.717) is 0 Å². The number of rotatable bonds is 2. The molecule has 7 heteroatoms. The van der Waals surface area contributed by atoms with E-state index in [1.165, 1.54) is 37.6 Å². The molecule has 0 saturated heterocycles. The fourth-order valence-corrected chi connectivity index (χ4v) is 1.87. The van der Waals surface area contributed by atoms with Crippen LogP contribution in [0.4, 0.5) is 18.9 Å². The number of nitrogen functional groups attached to an aromatic ring is 1. The molecule has 1 aromatic carbocycles. The number of alkyl halides is 3. The number of nitrogens with two attached hydrogens (primary N) is 1. The van der Waals surface area contributed by atoms with Crippen molar-refractivity contribution in [1.82, 2.24) is 4.98 Å². The first-order chi connectivity index (χ1) is 9.84. The standard InChI is InChI=1S/C14H11F3N2O2/c1-21-13(20)9-5-4-8(7-11(9)18)12-10(14(15,16)17)3-2-6-19-12/h2-7H,18H2,1H3. The van der Waals surface area contributed by atoms with Crippen LogP contribution in [0.1, 0.15) is 15.9 Å². The molecule has 0 fully saturated rings. The Bertz CT molecular complexity index is 684. The van der Waals surface area contributed by atoms with Crippen LogP contribution in [0.25, 0.3) is 11.3 Å². The summed E-state index contributed by atoms with van der Waals surface area (Å²) in [5.41, 5.74) is 4.87. The molecule has 0 saturated carbocycles. The van der Waals surface area contributed by atoms with Gasteiger partial charge in [0.15, 0.2) is 0 Å². The van der Waals surface area contributed by atoms with Crippen molar-refractivity contribution in [2.45, 2.75) is 6.18 Å². The second-order valence-corrected chi connectivity index (χ2v) is 4.19. The van der Waals surface area contributed by atoms with Crippen LogP contribution in [0, 0.1) is 0 Å². The van der Waals surface area contributed by atoms with E-state index in [-0.39, 0.29) is 22.5 Å². The highest BCUT2D eigenvalue weighted by Gasteiger charge is 2.34. The maximum Gasteiger partial charge on any atom is 0.418 e. The molecule has 0 spiro atoms. The number of methoxy groups -OCH3 is 1. The van der Waals surface area contributed by atoms with Gasteiger partial charge in [-0.15, -0.1) is 0 Å². The van der Waals surface area contributed by atoms with Gasteiger partial charge in [-0.1, -0.05) is 6.07 Å². The third-order valence-electron chi connectivity index (χ3n) is 2.84. The van der Waals surface area contributed by atoms with Gasteiger partial charge >= 0.3 is 12.1 Å². The van der Waals surface area contributed by atoms with Crippen molar-refractivity contribution in [2.24, 2.45) is 0 Å². The quantitative estimate of drug-likeness (QED) is 0.683. The average molecular weight is 296 g/mol. The Morgan fingerprint density at radius 2 is 2.00 bits per heavy atom. The van der Waals surface area contributed by atoms with Gasteiger partial charge in [0.2, 0.25) is 0 Å². The molecule has 0 unspecified atom stereocenters. The third-order valence-corrected chi connectivity index (χ3v) is 2.84. The molecule has 1 aromatic heterocycles. The number of hydrogen-bond donors (Lipinski definition) is 1. The second-order valence-electron chi connectivity index (χ2n) is 4.19. The largest absolute Gasteiger partial charge is 0.465 e. The van der Waals surface area contributed by atoms with Crippen LogP contribution in [0.2, 0.25) is 0 Å². The van der Waals surface area contributed by atoms with E-state index >= 15 is 0 Å². The molecular weight excluding hydrogens is 285 g/mol. The van der Waals surface area contributed by atoms with Crippen LogP contribution in [0.5, 0.6) is 0 Å². The lowest BCUT2D eigenvalue weighted by molar-refractivity contribution is -0.137. The molecule has 2 rings (SSSR count). The Kier molecular flexibility index (Phi) is 3.84. The number of ether oxygens (including phenoxy) is 1. The highest BCUT2D eigenvalue weighted by molar-refractivity contribution is 5.96. The molecular formula is C14H11F3N2O2. The zero-order valence-electron chi connectivity index (χ0n) is 10.9. The molecule has 2 aromatic rings. The highest BCUT2D eigenvalue weighted by Crippen LogP contribution is 2.36. The van der Waals surface area contributed by atoms with E-state index in [9.17, 15) is 18.0 Å². The molecule has 110 valence electrons. The summed E-state index contributed by atoms with van der Waals surface area (Å²) in [5.74, 6) is -0.656. The molecule has 0 aliphatic carbocycles. The number of aromatic nitrogens is 1. The van der Waals surface area contributed by atoms with E-state index in [1.807, 2.05) is 0 Å². The Balaban J connectivity index is 2.54. The lowest BCUT2D eigenvalue weighted by Gasteiger charge is -2.12. The summed E-state index contributed by atoms with van der Waals surface area (Å²) in [6, 6.07) is 6.07. The Hall–Kier alpha value is -2.57. The van der Waals surface area contributed by atoms with Crippen LogP contribution < -0.4 is 5.73 Å². The molecule has 0 atom stereocenters. The second kappa shape index (κ2) is 5.43. The zero-order chi connectivity index (χ0) is 15.6. The zero-order valence-corrected chi connectivity index (χ0v) is 10.9. The van der Waals surface area contributed by atoms with Crippen LogP contribution in [0.15, 0.2) is 36.5 Å². The van der Waals surface area contributed by atoms with E-state index in [4.69, 9.17) is 5.73 Å². The summed E-state index contributed by atoms with van der Waals surface area (Å²) < 4.78 is 43.4. The fraction of sp³-hybridized carbons (Fsp3) is 0.143. The first-order valence-corrected chi connectivity index (χ1v) is 5.85. The van der Waals surface area contributed by atoms with Gasteiger partial charge in [0.25, 0.3) is 0 Å². The number of benzene rings is 1. The summed E-state index contributed by atoms with van der Waals surface area (Å²) in [7, 11) is 1.19. The lowest BCUT2D eigenvalue weighted by Crippen LogP contribution is -2.09. The lowest BCUT2D eigenvalue weighted by atomic mass is 10.0. The van der Waals surface area contributed by atoms with E-state index in [2.05, 4.69) is 9.72 Å². The van der Waals surface area contributed by atoms with Gasteiger partial charge in [-0.2, -0.15) is 13.2 Å². The number of esters is 1. The molecule has 1 heterocycles. The van der Waals surface area contributed by atoms with Gasteiger partial charge in [-0.05, 0) is 24.3 Å². The van der Waals surface area contributed by atoms with Gasteiger partial charge in [-0.25, -0.2) is 4.79 Å². The number of nitrogens with zero attached hydrogens (tertiary/aromatic N) is 1. The molecule has 0 bridgehead atoms. The molecule has 4 nitrogen and oxygen atoms in total. The van der Waals surface area contributed by atoms with Gasteiger partial charge in [0.1, 0.15) is 0 Å². The Labute approximate surface area is 118 Å². The normalized spacial score (nSPS) is 11.2. The minimum Gasteiger partial charge on any atom is -0.465 e. The van der Waals surface area contributed by atoms with Gasteiger partial charge in [0, 0.05) is 17.4 Å². The van der Waals surface area contributed by atoms with Crippen molar-refractivity contribution in [2.75, 3.05) is 12.8 Å². The maximum atomic E-state index is 13.0. The summed E-state index contributed by atoms with van der Waals surface area (Å²) in [6.07, 6.45) is -3.27. The molecule has 0 amide bonds. The highest BCUT2D eigenvalue weighted by atomic mass is 19.4. The molecule has 21 heavy (non-hydrogen) atoms. The van der Waals surface area contributed by atoms with Gasteiger partial charge in [-0.3, -0.25) is 4.98 Å². The summed E-state index contributed by atoms with van der Waals surface area (Å²) in [4.78, 5) is 15.2. The van der Waals surface area contributed by atoms with E-state index in [0.717, 1.165) is 6.07 Å². The van der Waals surface area contributed by atoms with Crippen LogP contribution >= 0.6 is 0 Å². The minimum atomic E-state index is -4.53. The summed E-state index contributed by atoms with van der Waals surface area (Å²) in [5, 5.41) is 0. The number of carbonyl (C=O) groups excluding carboxylic acids is 1. The minimum absolute atomic E-state index is 0.0260. The monoisotopic (exact) mass is 296 g/mol. The van der Waals surface area contributed by atoms with Gasteiger partial charge < -0.3 is 10.5 Å². The number of hydrogen-bond acceptors (Lipinski definition) is 4. The van der Waals surface area contributed by atoms with Crippen molar-refractivity contribution < 1.29 is 22.7 Å². The van der Waals surface area contributed by atoms with Crippen molar-refractivity contribution >= 4 is 11.7 Å². The van der Waals surface area contributed by atoms with Crippen molar-refractivity contribution in [1.29, 1.82) is 0 Å². The smallest absolute Gasteiger partial charge is 0.418 e. The first kappa shape index (κ1) is 14.8. The number of halogens is 3. The Morgan fingerprint density at radius 1 is 1.29 bits per heavy atom. The summed E-state index contributed by atoms with van der Waals surface area (Å²) in [6.45, 7) is 0. The van der Waals surface area contributed by atoms with E-state index < -0.39 is 17.7 Å². The van der Waals surface area contributed by atoms with Crippen molar-refractivity contribution in [3.05, 3.63) is 47.7 Å². The van der Waals surface area contributed by atoms with Gasteiger partial charge in [0.05, 0.1) is 23.9 Å². The number of pyridine rings is 1. The molecule has 0 aliphatic heterocycles. The average Bonchev–Trinajstić information content (AvgIpc) is 2.45. The SMILES string of the molecule is COC(=O)c1ccc(-c2ncccc2C(F)(F)F)cc1N. The van der Waals surface area contributed by atoms with Crippen molar-refractivity contribution in [3.8, 4) is 11.3 Å². The van der Waals surface area contributed by atoms with Crippen LogP contribution in [-0.2, 0) is 10.9 Å². The molecule has 2 N–H and O–H groups in total. The van der Waals surface area contributed by atoms with Crippen LogP contribution in [0.3, 0.4) is 0 Å². The topological polar surface area (TPSA) is 65.2 Å². The van der Waals surface area contributed by atoms with E-state index in [1.54, 1.807) is 0 Å². The predicted octanol–water partition coefficient (Wildman–Crippen LogP) is 3.14. The molecule has 0 radical (unpaired) electrons. The third kappa shape index (κ3) is 2.96. The fourth-order valence-electron chi connectivity index (χ4n) is 1.87. The van der Waals surface area contributed by atoms with Crippen LogP contribution in [-0.4, -0.2) is 18.1 Å². The Morgan fingerprint density at radius 3 is 2.57 bits per heavy atom. The maximum absolute atomic E-state index is 13.0. The number of carbonyl (C=O) groups is 1. The van der Waals surface area contributed by atoms with Crippen molar-refractivity contribution in [3.63, 3.8) is 0 Å². The summed E-state index contributed by atoms with van der Waals surface area (Å²) >= 11 is 0.